The highest BCUT2D eigenvalue weighted by molar-refractivity contribution is 14.0. The van der Waals surface area contributed by atoms with Crippen molar-refractivity contribution in [2.45, 2.75) is 26.3 Å². The summed E-state index contributed by atoms with van der Waals surface area (Å²) < 4.78 is 12.9. The Kier molecular flexibility index (Phi) is 11.2. The number of carbonyl (C=O) groups is 1. The lowest BCUT2D eigenvalue weighted by atomic mass is 10.1. The first-order valence-corrected chi connectivity index (χ1v) is 9.18. The quantitative estimate of drug-likeness (QED) is 0.297. The van der Waals surface area contributed by atoms with Crippen LogP contribution in [0.25, 0.3) is 0 Å². The molecule has 2 aromatic carbocycles. The first-order chi connectivity index (χ1) is 13.1. The summed E-state index contributed by atoms with van der Waals surface area (Å²) in [5.41, 5.74) is 2.72. The molecule has 0 atom stereocenters. The number of amides is 1. The lowest BCUT2D eigenvalue weighted by Crippen LogP contribution is -2.37. The molecule has 3 N–H and O–H groups in total. The summed E-state index contributed by atoms with van der Waals surface area (Å²) in [6.45, 7) is 3.94. The maximum absolute atomic E-state index is 12.9. The number of hydrogen-bond acceptors (Lipinski definition) is 2. The Bertz CT molecular complexity index is 765. The van der Waals surface area contributed by atoms with Gasteiger partial charge in [0.05, 0.1) is 0 Å². The Balaban J connectivity index is 0.00000392. The molecule has 0 bridgehead atoms. The van der Waals surface area contributed by atoms with E-state index >= 15 is 0 Å². The van der Waals surface area contributed by atoms with Crippen LogP contribution in [0.4, 0.5) is 4.39 Å². The highest BCUT2D eigenvalue weighted by Crippen LogP contribution is 2.06. The predicted octanol–water partition coefficient (Wildman–Crippen LogP) is 3.49. The molecule has 0 heterocycles. The molecule has 28 heavy (non-hydrogen) atoms. The van der Waals surface area contributed by atoms with Crippen LogP contribution in [0.5, 0.6) is 0 Å². The molecular formula is C21H28FIN4O. The molecule has 0 unspecified atom stereocenters. The second kappa shape index (κ2) is 13.1. The second-order valence-corrected chi connectivity index (χ2v) is 6.19. The molecule has 7 heteroatoms. The fourth-order valence-electron chi connectivity index (χ4n) is 2.55. The van der Waals surface area contributed by atoms with Gasteiger partial charge in [-0.1, -0.05) is 31.2 Å². The third kappa shape index (κ3) is 8.24. The van der Waals surface area contributed by atoms with Gasteiger partial charge in [-0.2, -0.15) is 0 Å². The van der Waals surface area contributed by atoms with Crippen LogP contribution in [-0.2, 0) is 13.0 Å². The van der Waals surface area contributed by atoms with Crippen molar-refractivity contribution in [3.63, 3.8) is 0 Å². The van der Waals surface area contributed by atoms with E-state index in [1.165, 1.54) is 12.1 Å². The van der Waals surface area contributed by atoms with Crippen molar-refractivity contribution in [3.8, 4) is 0 Å². The Morgan fingerprint density at radius 1 is 1.00 bits per heavy atom. The number of halogens is 2. The zero-order valence-electron chi connectivity index (χ0n) is 16.3. The van der Waals surface area contributed by atoms with Crippen molar-refractivity contribution < 1.29 is 9.18 Å². The highest BCUT2D eigenvalue weighted by atomic mass is 127. The van der Waals surface area contributed by atoms with E-state index in [1.807, 2.05) is 31.2 Å². The first-order valence-electron chi connectivity index (χ1n) is 9.18. The van der Waals surface area contributed by atoms with Crippen LogP contribution in [0, 0.1) is 5.82 Å². The molecule has 5 nitrogen and oxygen atoms in total. The van der Waals surface area contributed by atoms with Crippen molar-refractivity contribution >= 4 is 35.8 Å². The number of nitrogens with zero attached hydrogens (tertiary/aromatic N) is 1. The third-order valence-corrected chi connectivity index (χ3v) is 4.03. The van der Waals surface area contributed by atoms with Crippen LogP contribution in [-0.4, -0.2) is 32.0 Å². The van der Waals surface area contributed by atoms with Crippen molar-refractivity contribution in [3.05, 3.63) is 71.0 Å². The molecule has 0 aliphatic heterocycles. The summed E-state index contributed by atoms with van der Waals surface area (Å²) in [5, 5.41) is 9.35. The minimum absolute atomic E-state index is 0. The standard InChI is InChI=1S/C21H27FN4O.HI/c1-3-12-24-20(27)18-6-4-5-17(14-18)15-26-21(23-2)25-13-11-16-7-9-19(22)10-8-16;/h4-10,14H,3,11-13,15H2,1-2H3,(H,24,27)(H2,23,25,26);1H. The summed E-state index contributed by atoms with van der Waals surface area (Å²) in [6, 6.07) is 14.0. The first kappa shape index (κ1) is 23.9. The molecule has 0 radical (unpaired) electrons. The topological polar surface area (TPSA) is 65.5 Å². The van der Waals surface area contributed by atoms with E-state index in [4.69, 9.17) is 0 Å². The van der Waals surface area contributed by atoms with Gasteiger partial charge in [0.15, 0.2) is 5.96 Å². The van der Waals surface area contributed by atoms with Crippen LogP contribution in [0.15, 0.2) is 53.5 Å². The van der Waals surface area contributed by atoms with Crippen molar-refractivity contribution in [1.29, 1.82) is 0 Å². The van der Waals surface area contributed by atoms with E-state index in [-0.39, 0.29) is 35.7 Å². The van der Waals surface area contributed by atoms with E-state index in [0.717, 1.165) is 24.0 Å². The van der Waals surface area contributed by atoms with Crippen LogP contribution in [0.2, 0.25) is 0 Å². The zero-order valence-corrected chi connectivity index (χ0v) is 18.6. The molecule has 0 aromatic heterocycles. The average Bonchev–Trinajstić information content (AvgIpc) is 2.70. The average molecular weight is 498 g/mol. The molecule has 0 saturated carbocycles. The maximum atomic E-state index is 12.9. The molecule has 0 fully saturated rings. The highest BCUT2D eigenvalue weighted by Gasteiger charge is 2.06. The molecule has 152 valence electrons. The van der Waals surface area contributed by atoms with Crippen molar-refractivity contribution in [1.82, 2.24) is 16.0 Å². The normalized spacial score (nSPS) is 10.8. The van der Waals surface area contributed by atoms with Crippen molar-refractivity contribution in [2.75, 3.05) is 20.1 Å². The second-order valence-electron chi connectivity index (χ2n) is 6.19. The lowest BCUT2D eigenvalue weighted by molar-refractivity contribution is 0.0953. The van der Waals surface area contributed by atoms with Gasteiger partial charge < -0.3 is 16.0 Å². The summed E-state index contributed by atoms with van der Waals surface area (Å²) in [5.74, 6) is 0.397. The Morgan fingerprint density at radius 3 is 2.43 bits per heavy atom. The fourth-order valence-corrected chi connectivity index (χ4v) is 2.55. The fraction of sp³-hybridized carbons (Fsp3) is 0.333. The monoisotopic (exact) mass is 498 g/mol. The van der Waals surface area contributed by atoms with Gasteiger partial charge in [-0.3, -0.25) is 9.79 Å². The van der Waals surface area contributed by atoms with E-state index in [2.05, 4.69) is 20.9 Å². The largest absolute Gasteiger partial charge is 0.356 e. The SMILES string of the molecule is CCCNC(=O)c1cccc(CNC(=NC)NCCc2ccc(F)cc2)c1.I. The van der Waals surface area contributed by atoms with Gasteiger partial charge >= 0.3 is 0 Å². The number of benzene rings is 2. The molecule has 2 rings (SSSR count). The summed E-state index contributed by atoms with van der Waals surface area (Å²) in [7, 11) is 1.71. The number of aliphatic imine (C=N–C) groups is 1. The van der Waals surface area contributed by atoms with Gasteiger partial charge in [-0.15, -0.1) is 24.0 Å². The van der Waals surface area contributed by atoms with Crippen LogP contribution >= 0.6 is 24.0 Å². The van der Waals surface area contributed by atoms with Gasteiger partial charge in [0, 0.05) is 32.2 Å². The van der Waals surface area contributed by atoms with Gasteiger partial charge in [0.1, 0.15) is 5.82 Å². The van der Waals surface area contributed by atoms with E-state index < -0.39 is 0 Å². The van der Waals surface area contributed by atoms with Gasteiger partial charge in [0.25, 0.3) is 5.91 Å². The van der Waals surface area contributed by atoms with E-state index in [9.17, 15) is 9.18 Å². The molecule has 1 amide bonds. The number of carbonyl (C=O) groups excluding carboxylic acids is 1. The van der Waals surface area contributed by atoms with Crippen LogP contribution in [0.3, 0.4) is 0 Å². The minimum Gasteiger partial charge on any atom is -0.356 e. The molecular weight excluding hydrogens is 470 g/mol. The maximum Gasteiger partial charge on any atom is 0.251 e. The van der Waals surface area contributed by atoms with Crippen LogP contribution < -0.4 is 16.0 Å². The molecule has 0 saturated heterocycles. The zero-order chi connectivity index (χ0) is 19.5. The molecule has 0 aliphatic carbocycles. The molecule has 2 aromatic rings. The Morgan fingerprint density at radius 2 is 1.75 bits per heavy atom. The molecule has 0 aliphatic rings. The van der Waals surface area contributed by atoms with Gasteiger partial charge in [-0.05, 0) is 48.2 Å². The number of hydrogen-bond donors (Lipinski definition) is 3. The predicted molar refractivity (Wildman–Crippen MR) is 123 cm³/mol. The summed E-state index contributed by atoms with van der Waals surface area (Å²) in [4.78, 5) is 16.3. The number of rotatable bonds is 8. The third-order valence-electron chi connectivity index (χ3n) is 4.03. The van der Waals surface area contributed by atoms with E-state index in [1.54, 1.807) is 19.2 Å². The van der Waals surface area contributed by atoms with Crippen molar-refractivity contribution in [2.24, 2.45) is 4.99 Å². The smallest absolute Gasteiger partial charge is 0.251 e. The van der Waals surface area contributed by atoms with Crippen LogP contribution in [0.1, 0.15) is 34.8 Å². The van der Waals surface area contributed by atoms with Gasteiger partial charge in [-0.25, -0.2) is 4.39 Å². The molecule has 0 spiro atoms. The summed E-state index contributed by atoms with van der Waals surface area (Å²) in [6.07, 6.45) is 1.68. The number of nitrogens with one attached hydrogen (secondary N) is 3. The summed E-state index contributed by atoms with van der Waals surface area (Å²) >= 11 is 0. The Hall–Kier alpha value is -2.16. The minimum atomic E-state index is -0.227. The lowest BCUT2D eigenvalue weighted by Gasteiger charge is -2.12. The van der Waals surface area contributed by atoms with Gasteiger partial charge in [0.2, 0.25) is 0 Å². The number of guanidine groups is 1. The van der Waals surface area contributed by atoms with E-state index in [0.29, 0.717) is 31.2 Å². The Labute approximate surface area is 183 Å².